The van der Waals surface area contributed by atoms with Crippen LogP contribution in [0.5, 0.6) is 0 Å². The molecule has 12 heavy (non-hydrogen) atoms. The molecule has 0 N–H and O–H groups in total. The average Bonchev–Trinajstić information content (AvgIpc) is 2.87. The molecule has 1 saturated heterocycles. The molecule has 0 aromatic carbocycles. The standard InChI is InChI=1S/C9H12N2O/c1-6(2)7-3-11-8(4-10-7)9-5-12-9/h3-4,6,9H,5H2,1-2H3. The van der Waals surface area contributed by atoms with E-state index in [4.69, 9.17) is 4.74 Å². The van der Waals surface area contributed by atoms with E-state index >= 15 is 0 Å². The first kappa shape index (κ1) is 7.68. The number of hydrogen-bond acceptors (Lipinski definition) is 3. The highest BCUT2D eigenvalue weighted by Crippen LogP contribution is 2.27. The van der Waals surface area contributed by atoms with Gasteiger partial charge in [0.05, 0.1) is 24.2 Å². The molecule has 0 amide bonds. The van der Waals surface area contributed by atoms with Crippen LogP contribution >= 0.6 is 0 Å². The van der Waals surface area contributed by atoms with Crippen LogP contribution in [-0.2, 0) is 4.74 Å². The molecule has 1 fully saturated rings. The molecule has 1 aromatic heterocycles. The molecule has 1 aromatic rings. The van der Waals surface area contributed by atoms with E-state index in [9.17, 15) is 0 Å². The molecule has 2 rings (SSSR count). The highest BCUT2D eigenvalue weighted by atomic mass is 16.6. The van der Waals surface area contributed by atoms with Crippen molar-refractivity contribution in [3.05, 3.63) is 23.8 Å². The number of ether oxygens (including phenoxy) is 1. The van der Waals surface area contributed by atoms with Crippen LogP contribution in [0.4, 0.5) is 0 Å². The van der Waals surface area contributed by atoms with Gasteiger partial charge in [-0.3, -0.25) is 9.97 Å². The van der Waals surface area contributed by atoms with Crippen LogP contribution in [0.15, 0.2) is 12.4 Å². The van der Waals surface area contributed by atoms with Gasteiger partial charge in [0.15, 0.2) is 0 Å². The second-order valence-corrected chi connectivity index (χ2v) is 3.34. The Morgan fingerprint density at radius 3 is 2.58 bits per heavy atom. The number of epoxide rings is 1. The summed E-state index contributed by atoms with van der Waals surface area (Å²) in [5.74, 6) is 0.451. The van der Waals surface area contributed by atoms with Crippen molar-refractivity contribution in [2.45, 2.75) is 25.9 Å². The van der Waals surface area contributed by atoms with Gasteiger partial charge in [0, 0.05) is 6.20 Å². The minimum absolute atomic E-state index is 0.221. The molecular formula is C9H12N2O. The fraction of sp³-hybridized carbons (Fsp3) is 0.556. The Hall–Kier alpha value is -0.960. The molecule has 0 spiro atoms. The van der Waals surface area contributed by atoms with E-state index in [0.717, 1.165) is 18.0 Å². The van der Waals surface area contributed by atoms with Crippen LogP contribution in [0.1, 0.15) is 37.3 Å². The fourth-order valence-electron chi connectivity index (χ4n) is 1.03. The molecule has 2 heterocycles. The van der Waals surface area contributed by atoms with E-state index < -0.39 is 0 Å². The number of nitrogens with zero attached hydrogens (tertiary/aromatic N) is 2. The van der Waals surface area contributed by atoms with Gasteiger partial charge in [0.2, 0.25) is 0 Å². The zero-order valence-electron chi connectivity index (χ0n) is 7.32. The molecule has 64 valence electrons. The van der Waals surface area contributed by atoms with Gasteiger partial charge >= 0.3 is 0 Å². The summed E-state index contributed by atoms with van der Waals surface area (Å²) in [6.45, 7) is 5.02. The molecule has 3 nitrogen and oxygen atoms in total. The van der Waals surface area contributed by atoms with Gasteiger partial charge in [0.1, 0.15) is 6.10 Å². The van der Waals surface area contributed by atoms with E-state index in [0.29, 0.717) is 5.92 Å². The number of rotatable bonds is 2. The lowest BCUT2D eigenvalue weighted by atomic mass is 10.1. The smallest absolute Gasteiger partial charge is 0.124 e. The molecule has 0 saturated carbocycles. The zero-order valence-corrected chi connectivity index (χ0v) is 7.32. The van der Waals surface area contributed by atoms with E-state index in [-0.39, 0.29) is 6.10 Å². The first-order valence-corrected chi connectivity index (χ1v) is 4.21. The van der Waals surface area contributed by atoms with Crippen LogP contribution in [0.25, 0.3) is 0 Å². The SMILES string of the molecule is CC(C)c1cnc(C2CO2)cn1. The van der Waals surface area contributed by atoms with E-state index in [1.807, 2.05) is 12.4 Å². The Bertz CT molecular complexity index is 243. The van der Waals surface area contributed by atoms with Gasteiger partial charge in [-0.2, -0.15) is 0 Å². The predicted molar refractivity (Wildman–Crippen MR) is 44.8 cm³/mol. The maximum Gasteiger partial charge on any atom is 0.124 e. The van der Waals surface area contributed by atoms with E-state index in [1.54, 1.807) is 0 Å². The van der Waals surface area contributed by atoms with Crippen LogP contribution in [0.2, 0.25) is 0 Å². The maximum atomic E-state index is 5.09. The Kier molecular flexibility index (Phi) is 1.81. The molecule has 0 bridgehead atoms. The summed E-state index contributed by atoms with van der Waals surface area (Å²) in [5.41, 5.74) is 2.00. The van der Waals surface area contributed by atoms with Gasteiger partial charge < -0.3 is 4.74 Å². The summed E-state index contributed by atoms with van der Waals surface area (Å²) in [6.07, 6.45) is 3.87. The second kappa shape index (κ2) is 2.83. The molecular weight excluding hydrogens is 152 g/mol. The first-order valence-electron chi connectivity index (χ1n) is 4.21. The Balaban J connectivity index is 2.18. The van der Waals surface area contributed by atoms with Gasteiger partial charge in [-0.25, -0.2) is 0 Å². The normalized spacial score (nSPS) is 21.4. The molecule has 1 atom stereocenters. The average molecular weight is 164 g/mol. The maximum absolute atomic E-state index is 5.09. The van der Waals surface area contributed by atoms with Crippen LogP contribution in [0, 0.1) is 0 Å². The van der Waals surface area contributed by atoms with Crippen molar-refractivity contribution in [1.82, 2.24) is 9.97 Å². The minimum Gasteiger partial charge on any atom is -0.366 e. The lowest BCUT2D eigenvalue weighted by Crippen LogP contribution is -1.96. The van der Waals surface area contributed by atoms with Crippen molar-refractivity contribution < 1.29 is 4.74 Å². The third-order valence-corrected chi connectivity index (χ3v) is 1.95. The Morgan fingerprint density at radius 1 is 1.42 bits per heavy atom. The van der Waals surface area contributed by atoms with Crippen molar-refractivity contribution >= 4 is 0 Å². The lowest BCUT2D eigenvalue weighted by molar-refractivity contribution is 0.410. The molecule has 3 heteroatoms. The molecule has 0 aliphatic carbocycles. The summed E-state index contributed by atoms with van der Waals surface area (Å²) in [4.78, 5) is 8.57. The highest BCUT2D eigenvalue weighted by molar-refractivity contribution is 5.10. The second-order valence-electron chi connectivity index (χ2n) is 3.34. The third-order valence-electron chi connectivity index (χ3n) is 1.95. The zero-order chi connectivity index (χ0) is 8.55. The largest absolute Gasteiger partial charge is 0.366 e. The van der Waals surface area contributed by atoms with Gasteiger partial charge in [-0.1, -0.05) is 13.8 Å². The van der Waals surface area contributed by atoms with Crippen LogP contribution < -0.4 is 0 Å². The fourth-order valence-corrected chi connectivity index (χ4v) is 1.03. The minimum atomic E-state index is 0.221. The Morgan fingerprint density at radius 2 is 2.17 bits per heavy atom. The number of aromatic nitrogens is 2. The predicted octanol–water partition coefficient (Wildman–Crippen LogP) is 1.67. The number of hydrogen-bond donors (Lipinski definition) is 0. The van der Waals surface area contributed by atoms with Crippen LogP contribution in [-0.4, -0.2) is 16.6 Å². The highest BCUT2D eigenvalue weighted by Gasteiger charge is 2.26. The summed E-state index contributed by atoms with van der Waals surface area (Å²) in [5, 5.41) is 0. The quantitative estimate of drug-likeness (QED) is 0.624. The molecule has 0 radical (unpaired) electrons. The van der Waals surface area contributed by atoms with Crippen molar-refractivity contribution in [2.24, 2.45) is 0 Å². The van der Waals surface area contributed by atoms with Crippen molar-refractivity contribution in [2.75, 3.05) is 6.61 Å². The lowest BCUT2D eigenvalue weighted by Gasteiger charge is -2.02. The summed E-state index contributed by atoms with van der Waals surface area (Å²) < 4.78 is 5.09. The monoisotopic (exact) mass is 164 g/mol. The summed E-state index contributed by atoms with van der Waals surface area (Å²) in [7, 11) is 0. The van der Waals surface area contributed by atoms with E-state index in [2.05, 4.69) is 23.8 Å². The Labute approximate surface area is 71.8 Å². The van der Waals surface area contributed by atoms with Crippen molar-refractivity contribution in [3.8, 4) is 0 Å². The summed E-state index contributed by atoms with van der Waals surface area (Å²) >= 11 is 0. The topological polar surface area (TPSA) is 38.3 Å². The van der Waals surface area contributed by atoms with Crippen LogP contribution in [0.3, 0.4) is 0 Å². The first-order chi connectivity index (χ1) is 5.77. The van der Waals surface area contributed by atoms with Crippen molar-refractivity contribution in [1.29, 1.82) is 0 Å². The van der Waals surface area contributed by atoms with Gasteiger partial charge in [-0.15, -0.1) is 0 Å². The molecule has 1 unspecified atom stereocenters. The van der Waals surface area contributed by atoms with Gasteiger partial charge in [-0.05, 0) is 5.92 Å². The van der Waals surface area contributed by atoms with E-state index in [1.165, 1.54) is 0 Å². The molecule has 1 aliphatic heterocycles. The molecule has 1 aliphatic rings. The van der Waals surface area contributed by atoms with Gasteiger partial charge in [0.25, 0.3) is 0 Å². The summed E-state index contributed by atoms with van der Waals surface area (Å²) in [6, 6.07) is 0. The third kappa shape index (κ3) is 1.46. The van der Waals surface area contributed by atoms with Crippen molar-refractivity contribution in [3.63, 3.8) is 0 Å².